The van der Waals surface area contributed by atoms with Gasteiger partial charge in [0.2, 0.25) is 0 Å². The molecule has 0 spiro atoms. The molecular weight excluding hydrogens is 911 g/mol. The average molecular weight is 958 g/mol. The van der Waals surface area contributed by atoms with Crippen LogP contribution < -0.4 is 4.90 Å². The second-order valence-electron chi connectivity index (χ2n) is 19.9. The lowest BCUT2D eigenvalue weighted by Crippen LogP contribution is -2.29. The topological polar surface area (TPSA) is 3.24 Å². The monoisotopic (exact) mass is 957 g/mol. The SMILES string of the molecule is c1ccc(C2(c3ccccc3)c3ccccc3-c3cc(N(c4ccc5c(c4)C(c4ccccc4)(c4ccccc4)c4ccccc4-5)c4cc5ccc6ccccc6c5cc4-c4ccc5sccc5c4)ccc32)cc1. The van der Waals surface area contributed by atoms with Gasteiger partial charge in [-0.3, -0.25) is 0 Å². The summed E-state index contributed by atoms with van der Waals surface area (Å²) in [6, 6.07) is 105. The van der Waals surface area contributed by atoms with Crippen molar-refractivity contribution in [2.75, 3.05) is 4.90 Å². The minimum atomic E-state index is -0.576. The summed E-state index contributed by atoms with van der Waals surface area (Å²) in [7, 11) is 0. The fraction of sp³-hybridized carbons (Fsp3) is 0.0278. The molecule has 0 N–H and O–H groups in total. The molecule has 0 bridgehead atoms. The normalized spacial score (nSPS) is 13.6. The largest absolute Gasteiger partial charge is 0.310 e. The van der Waals surface area contributed by atoms with E-state index >= 15 is 0 Å². The van der Waals surface area contributed by atoms with Crippen molar-refractivity contribution in [3.63, 3.8) is 0 Å². The Labute approximate surface area is 435 Å². The van der Waals surface area contributed by atoms with Gasteiger partial charge in [0.15, 0.2) is 0 Å². The molecule has 0 fully saturated rings. The highest BCUT2D eigenvalue weighted by molar-refractivity contribution is 7.17. The first-order chi connectivity index (χ1) is 36.7. The molecule has 12 aromatic carbocycles. The molecule has 1 heterocycles. The van der Waals surface area contributed by atoms with E-state index in [2.05, 4.69) is 289 Å². The van der Waals surface area contributed by atoms with Crippen LogP contribution in [0.3, 0.4) is 0 Å². The van der Waals surface area contributed by atoms with Gasteiger partial charge in [-0.2, -0.15) is 0 Å². The Bertz CT molecular complexity index is 4230. The number of benzene rings is 12. The molecule has 0 saturated heterocycles. The van der Waals surface area contributed by atoms with Crippen LogP contribution in [-0.4, -0.2) is 0 Å². The predicted octanol–water partition coefficient (Wildman–Crippen LogP) is 19.1. The van der Waals surface area contributed by atoms with Crippen molar-refractivity contribution in [3.05, 3.63) is 329 Å². The molecule has 0 amide bonds. The third kappa shape index (κ3) is 6.16. The quantitative estimate of drug-likeness (QED) is 0.137. The highest BCUT2D eigenvalue weighted by Gasteiger charge is 2.48. The zero-order valence-electron chi connectivity index (χ0n) is 40.5. The second kappa shape index (κ2) is 16.7. The van der Waals surface area contributed by atoms with E-state index in [4.69, 9.17) is 0 Å². The summed E-state index contributed by atoms with van der Waals surface area (Å²) in [5, 5.41) is 8.37. The molecule has 74 heavy (non-hydrogen) atoms. The number of anilines is 3. The van der Waals surface area contributed by atoms with E-state index in [1.165, 1.54) is 110 Å². The highest BCUT2D eigenvalue weighted by Crippen LogP contribution is 2.60. The van der Waals surface area contributed by atoms with E-state index in [0.717, 1.165) is 17.1 Å². The van der Waals surface area contributed by atoms with Crippen molar-refractivity contribution in [2.45, 2.75) is 10.8 Å². The zero-order valence-corrected chi connectivity index (χ0v) is 41.3. The lowest BCUT2D eigenvalue weighted by molar-refractivity contribution is 0.768. The first-order valence-corrected chi connectivity index (χ1v) is 26.5. The molecule has 2 aliphatic rings. The molecule has 2 heteroatoms. The molecule has 15 rings (SSSR count). The van der Waals surface area contributed by atoms with Crippen molar-refractivity contribution in [3.8, 4) is 33.4 Å². The minimum absolute atomic E-state index is 0.521. The lowest BCUT2D eigenvalue weighted by atomic mass is 9.67. The summed E-state index contributed by atoms with van der Waals surface area (Å²) in [5.41, 5.74) is 19.7. The Kier molecular flexibility index (Phi) is 9.64. The molecule has 0 unspecified atom stereocenters. The van der Waals surface area contributed by atoms with E-state index in [-0.39, 0.29) is 0 Å². The molecular formula is C72H47NS. The van der Waals surface area contributed by atoms with Gasteiger partial charge < -0.3 is 4.90 Å². The zero-order chi connectivity index (χ0) is 48.8. The summed E-state index contributed by atoms with van der Waals surface area (Å²) >= 11 is 1.79. The van der Waals surface area contributed by atoms with Crippen molar-refractivity contribution in [1.29, 1.82) is 0 Å². The standard InChI is InChI=1S/C72H47NS/c1-5-20-52(21-6-1)71(53-22-7-2-8-23-53)66-32-18-16-30-60(66)64-45-56(37-39-67(64)71)73(69-44-50-34-33-48-19-13-14-28-58(48)62(50)47-63(69)49-35-40-70-51(43-49)41-42-74-70)57-36-38-61-59-29-15-17-31-65(59)72(68(61)46-57,54-24-9-3-10-25-54)55-26-11-4-12-27-55/h1-47H. The van der Waals surface area contributed by atoms with Crippen molar-refractivity contribution < 1.29 is 0 Å². The molecule has 13 aromatic rings. The van der Waals surface area contributed by atoms with Crippen molar-refractivity contribution in [2.24, 2.45) is 0 Å². The van der Waals surface area contributed by atoms with E-state index in [1.807, 2.05) is 0 Å². The van der Waals surface area contributed by atoms with Crippen LogP contribution >= 0.6 is 11.3 Å². The number of fused-ring (bicyclic) bond motifs is 10. The fourth-order valence-electron chi connectivity index (χ4n) is 13.2. The van der Waals surface area contributed by atoms with E-state index in [9.17, 15) is 0 Å². The van der Waals surface area contributed by atoms with Crippen molar-refractivity contribution >= 4 is 60.0 Å². The van der Waals surface area contributed by atoms with Crippen LogP contribution in [0.4, 0.5) is 17.1 Å². The minimum Gasteiger partial charge on any atom is -0.310 e. The van der Waals surface area contributed by atoms with Crippen LogP contribution in [0.5, 0.6) is 0 Å². The third-order valence-electron chi connectivity index (χ3n) is 16.3. The highest BCUT2D eigenvalue weighted by atomic mass is 32.1. The summed E-state index contributed by atoms with van der Waals surface area (Å²) in [4.78, 5) is 2.57. The van der Waals surface area contributed by atoms with Gasteiger partial charge in [-0.15, -0.1) is 11.3 Å². The van der Waals surface area contributed by atoms with Gasteiger partial charge in [0.1, 0.15) is 0 Å². The van der Waals surface area contributed by atoms with Gasteiger partial charge in [-0.05, 0) is 159 Å². The molecule has 1 aromatic heterocycles. The van der Waals surface area contributed by atoms with E-state index in [0.29, 0.717) is 0 Å². The predicted molar refractivity (Wildman–Crippen MR) is 312 cm³/mol. The Balaban J connectivity index is 1.05. The first-order valence-electron chi connectivity index (χ1n) is 25.6. The van der Waals surface area contributed by atoms with Gasteiger partial charge in [-0.25, -0.2) is 0 Å². The number of hydrogen-bond donors (Lipinski definition) is 0. The number of nitrogens with zero attached hydrogens (tertiary/aromatic N) is 1. The molecule has 1 nitrogen and oxygen atoms in total. The van der Waals surface area contributed by atoms with Gasteiger partial charge in [0.25, 0.3) is 0 Å². The Hall–Kier alpha value is -9.08. The lowest BCUT2D eigenvalue weighted by Gasteiger charge is -2.35. The number of thiophene rings is 1. The third-order valence-corrected chi connectivity index (χ3v) is 17.2. The molecule has 0 radical (unpaired) electrons. The van der Waals surface area contributed by atoms with Crippen LogP contribution in [0.2, 0.25) is 0 Å². The summed E-state index contributed by atoms with van der Waals surface area (Å²) in [5.74, 6) is 0. The number of hydrogen-bond acceptors (Lipinski definition) is 2. The van der Waals surface area contributed by atoms with Crippen LogP contribution in [-0.2, 0) is 10.8 Å². The molecule has 2 aliphatic carbocycles. The second-order valence-corrected chi connectivity index (χ2v) is 20.8. The van der Waals surface area contributed by atoms with E-state index in [1.54, 1.807) is 11.3 Å². The van der Waals surface area contributed by atoms with Crippen LogP contribution in [0.1, 0.15) is 44.5 Å². The van der Waals surface area contributed by atoms with Gasteiger partial charge >= 0.3 is 0 Å². The van der Waals surface area contributed by atoms with E-state index < -0.39 is 10.8 Å². The maximum atomic E-state index is 2.57. The smallest absolute Gasteiger partial charge is 0.0714 e. The van der Waals surface area contributed by atoms with Crippen molar-refractivity contribution in [1.82, 2.24) is 0 Å². The Morgan fingerprint density at radius 3 is 1.46 bits per heavy atom. The maximum absolute atomic E-state index is 2.57. The first kappa shape index (κ1) is 42.6. The molecule has 346 valence electrons. The Morgan fingerprint density at radius 1 is 0.284 bits per heavy atom. The Morgan fingerprint density at radius 2 is 0.797 bits per heavy atom. The van der Waals surface area contributed by atoms with Crippen LogP contribution in [0, 0.1) is 0 Å². The van der Waals surface area contributed by atoms with Crippen LogP contribution in [0.15, 0.2) is 284 Å². The molecule has 0 saturated carbocycles. The fourth-order valence-corrected chi connectivity index (χ4v) is 13.9. The summed E-state index contributed by atoms with van der Waals surface area (Å²) in [6.45, 7) is 0. The van der Waals surface area contributed by atoms with Gasteiger partial charge in [0.05, 0.1) is 16.5 Å². The van der Waals surface area contributed by atoms with Crippen LogP contribution in [0.25, 0.3) is 65.0 Å². The number of rotatable bonds is 8. The molecule has 0 atom stereocenters. The average Bonchev–Trinajstić information content (AvgIpc) is 4.21. The van der Waals surface area contributed by atoms with Gasteiger partial charge in [0, 0.05) is 21.6 Å². The summed E-state index contributed by atoms with van der Waals surface area (Å²) < 4.78 is 1.28. The van der Waals surface area contributed by atoms with Gasteiger partial charge in [-0.1, -0.05) is 224 Å². The summed E-state index contributed by atoms with van der Waals surface area (Å²) in [6.07, 6.45) is 0. The maximum Gasteiger partial charge on any atom is 0.0714 e. The molecule has 0 aliphatic heterocycles.